The Kier molecular flexibility index (Phi) is 3.86. The van der Waals surface area contributed by atoms with Crippen LogP contribution in [0.25, 0.3) is 11.1 Å². The molecule has 0 aliphatic rings. The Morgan fingerprint density at radius 2 is 1.70 bits per heavy atom. The summed E-state index contributed by atoms with van der Waals surface area (Å²) in [6, 6.07) is 9.56. The van der Waals surface area contributed by atoms with Crippen molar-refractivity contribution in [2.24, 2.45) is 0 Å². The van der Waals surface area contributed by atoms with E-state index in [0.717, 1.165) is 12.1 Å². The van der Waals surface area contributed by atoms with Gasteiger partial charge in [-0.1, -0.05) is 29.8 Å². The summed E-state index contributed by atoms with van der Waals surface area (Å²) in [6.07, 6.45) is -4.39. The molecule has 1 nitrogen and oxygen atoms in total. The Morgan fingerprint density at radius 1 is 1.05 bits per heavy atom. The number of carbonyl (C=O) groups excluding carboxylic acids is 1. The number of halogens is 4. The first-order valence-corrected chi connectivity index (χ1v) is 6.15. The van der Waals surface area contributed by atoms with Crippen LogP contribution in [0, 0.1) is 0 Å². The van der Waals surface area contributed by atoms with Gasteiger partial charge in [0.15, 0.2) is 5.78 Å². The maximum Gasteiger partial charge on any atom is 0.416 e. The molecule has 0 saturated heterocycles. The van der Waals surface area contributed by atoms with E-state index in [-0.39, 0.29) is 10.8 Å². The average molecular weight is 299 g/mol. The molecule has 20 heavy (non-hydrogen) atoms. The largest absolute Gasteiger partial charge is 0.416 e. The predicted molar refractivity (Wildman–Crippen MR) is 71.9 cm³/mol. The Balaban J connectivity index is 2.47. The number of alkyl halides is 3. The number of hydrogen-bond acceptors (Lipinski definition) is 1. The lowest BCUT2D eigenvalue weighted by molar-refractivity contribution is -0.137. The average Bonchev–Trinajstić information content (AvgIpc) is 2.37. The van der Waals surface area contributed by atoms with E-state index >= 15 is 0 Å². The second kappa shape index (κ2) is 5.29. The van der Waals surface area contributed by atoms with Gasteiger partial charge in [-0.2, -0.15) is 13.2 Å². The first-order valence-electron chi connectivity index (χ1n) is 5.77. The zero-order valence-corrected chi connectivity index (χ0v) is 11.2. The van der Waals surface area contributed by atoms with Crippen LogP contribution in [0.2, 0.25) is 5.02 Å². The quantitative estimate of drug-likeness (QED) is 0.694. The summed E-state index contributed by atoms with van der Waals surface area (Å²) in [5, 5.41) is 0.229. The summed E-state index contributed by atoms with van der Waals surface area (Å²) in [6.45, 7) is 1.38. The molecule has 2 rings (SSSR count). The Morgan fingerprint density at radius 3 is 2.25 bits per heavy atom. The van der Waals surface area contributed by atoms with Crippen molar-refractivity contribution in [1.82, 2.24) is 0 Å². The third-order valence-corrected chi connectivity index (χ3v) is 3.18. The number of carbonyl (C=O) groups is 1. The smallest absolute Gasteiger partial charge is 0.294 e. The second-order valence-corrected chi connectivity index (χ2v) is 4.74. The Labute approximate surface area is 119 Å². The first kappa shape index (κ1) is 14.6. The fraction of sp³-hybridized carbons (Fsp3) is 0.133. The van der Waals surface area contributed by atoms with Crippen LogP contribution in [0.3, 0.4) is 0 Å². The molecule has 104 valence electrons. The molecule has 0 unspecified atom stereocenters. The molecule has 0 atom stereocenters. The van der Waals surface area contributed by atoms with Gasteiger partial charge in [0.1, 0.15) is 0 Å². The summed E-state index contributed by atoms with van der Waals surface area (Å²) < 4.78 is 38.0. The van der Waals surface area contributed by atoms with Gasteiger partial charge in [-0.3, -0.25) is 4.79 Å². The van der Waals surface area contributed by atoms with Crippen LogP contribution < -0.4 is 0 Å². The number of ketones is 1. The molecule has 2 aromatic carbocycles. The van der Waals surface area contributed by atoms with Crippen molar-refractivity contribution in [2.75, 3.05) is 0 Å². The maximum atomic E-state index is 12.7. The Bertz CT molecular complexity index is 662. The van der Waals surface area contributed by atoms with Crippen molar-refractivity contribution in [3.8, 4) is 11.1 Å². The van der Waals surface area contributed by atoms with Crippen LogP contribution in [0.5, 0.6) is 0 Å². The van der Waals surface area contributed by atoms with Crippen LogP contribution in [-0.4, -0.2) is 5.78 Å². The van der Waals surface area contributed by atoms with E-state index in [1.54, 1.807) is 12.1 Å². The molecule has 2 aromatic rings. The van der Waals surface area contributed by atoms with Crippen LogP contribution in [-0.2, 0) is 6.18 Å². The number of Topliss-reactive ketones (excluding diaryl/α,β-unsaturated/α-hetero) is 1. The minimum absolute atomic E-state index is 0.189. The van der Waals surface area contributed by atoms with E-state index in [2.05, 4.69) is 0 Å². The van der Waals surface area contributed by atoms with E-state index in [1.165, 1.54) is 25.1 Å². The highest BCUT2D eigenvalue weighted by Crippen LogP contribution is 2.33. The van der Waals surface area contributed by atoms with Crippen LogP contribution in [0.1, 0.15) is 22.8 Å². The molecular formula is C15H10ClF3O. The van der Waals surface area contributed by atoms with Gasteiger partial charge in [0, 0.05) is 5.56 Å². The summed E-state index contributed by atoms with van der Waals surface area (Å²) in [7, 11) is 0. The third kappa shape index (κ3) is 3.02. The zero-order valence-electron chi connectivity index (χ0n) is 10.5. The molecule has 0 bridgehead atoms. The molecule has 0 spiro atoms. The summed E-state index contributed by atoms with van der Waals surface area (Å²) in [5.41, 5.74) is 0.562. The highest BCUT2D eigenvalue weighted by molar-refractivity contribution is 6.34. The van der Waals surface area contributed by atoms with E-state index in [1.807, 2.05) is 0 Å². The van der Waals surface area contributed by atoms with Crippen molar-refractivity contribution in [2.45, 2.75) is 13.1 Å². The molecule has 0 amide bonds. The van der Waals surface area contributed by atoms with Crippen molar-refractivity contribution in [1.29, 1.82) is 0 Å². The van der Waals surface area contributed by atoms with Gasteiger partial charge < -0.3 is 0 Å². The van der Waals surface area contributed by atoms with Crippen LogP contribution in [0.15, 0.2) is 42.5 Å². The summed E-state index contributed by atoms with van der Waals surface area (Å²) in [4.78, 5) is 11.3. The van der Waals surface area contributed by atoms with E-state index in [0.29, 0.717) is 16.7 Å². The second-order valence-electron chi connectivity index (χ2n) is 4.33. The molecule has 0 aliphatic heterocycles. The normalized spacial score (nSPS) is 11.4. The third-order valence-electron chi connectivity index (χ3n) is 2.87. The monoisotopic (exact) mass is 298 g/mol. The molecule has 5 heteroatoms. The highest BCUT2D eigenvalue weighted by atomic mass is 35.5. The molecule has 0 aliphatic carbocycles. The molecular weight excluding hydrogens is 289 g/mol. The topological polar surface area (TPSA) is 17.1 Å². The van der Waals surface area contributed by atoms with Crippen LogP contribution in [0.4, 0.5) is 13.2 Å². The lowest BCUT2D eigenvalue weighted by Crippen LogP contribution is -2.04. The molecule has 0 fully saturated rings. The van der Waals surface area contributed by atoms with E-state index < -0.39 is 11.7 Å². The SMILES string of the molecule is CC(=O)c1ccc(-c2cccc(C(F)(F)F)c2)cc1Cl. The summed E-state index contributed by atoms with van der Waals surface area (Å²) >= 11 is 5.96. The van der Waals surface area contributed by atoms with E-state index in [9.17, 15) is 18.0 Å². The van der Waals surface area contributed by atoms with Crippen LogP contribution >= 0.6 is 11.6 Å². The highest BCUT2D eigenvalue weighted by Gasteiger charge is 2.30. The minimum atomic E-state index is -4.39. The van der Waals surface area contributed by atoms with Crippen molar-refractivity contribution >= 4 is 17.4 Å². The van der Waals surface area contributed by atoms with Gasteiger partial charge in [0.25, 0.3) is 0 Å². The van der Waals surface area contributed by atoms with Gasteiger partial charge in [-0.05, 0) is 42.3 Å². The zero-order chi connectivity index (χ0) is 14.9. The van der Waals surface area contributed by atoms with Gasteiger partial charge in [-0.25, -0.2) is 0 Å². The van der Waals surface area contributed by atoms with Gasteiger partial charge >= 0.3 is 6.18 Å². The fourth-order valence-corrected chi connectivity index (χ4v) is 2.17. The molecule has 0 N–H and O–H groups in total. The van der Waals surface area contributed by atoms with Crippen molar-refractivity contribution < 1.29 is 18.0 Å². The lowest BCUT2D eigenvalue weighted by Gasteiger charge is -2.10. The van der Waals surface area contributed by atoms with Gasteiger partial charge in [-0.15, -0.1) is 0 Å². The van der Waals surface area contributed by atoms with Gasteiger partial charge in [0.2, 0.25) is 0 Å². The molecule has 0 saturated carbocycles. The lowest BCUT2D eigenvalue weighted by atomic mass is 10.0. The van der Waals surface area contributed by atoms with Crippen molar-refractivity contribution in [3.63, 3.8) is 0 Å². The maximum absolute atomic E-state index is 12.7. The first-order chi connectivity index (χ1) is 9.29. The molecule has 0 heterocycles. The minimum Gasteiger partial charge on any atom is -0.294 e. The number of benzene rings is 2. The van der Waals surface area contributed by atoms with Crippen molar-refractivity contribution in [3.05, 3.63) is 58.6 Å². The molecule has 0 aromatic heterocycles. The molecule has 0 radical (unpaired) electrons. The van der Waals surface area contributed by atoms with E-state index in [4.69, 9.17) is 11.6 Å². The number of rotatable bonds is 2. The Hall–Kier alpha value is -1.81. The number of hydrogen-bond donors (Lipinski definition) is 0. The summed E-state index contributed by atoms with van der Waals surface area (Å²) in [5.74, 6) is -0.189. The van der Waals surface area contributed by atoms with Gasteiger partial charge in [0.05, 0.1) is 10.6 Å². The predicted octanol–water partition coefficient (Wildman–Crippen LogP) is 5.23. The standard InChI is InChI=1S/C15H10ClF3O/c1-9(20)13-6-5-11(8-14(13)16)10-3-2-4-12(7-10)15(17,18)19/h2-8H,1H3. The fourth-order valence-electron chi connectivity index (χ4n) is 1.86.